The molecule has 0 radical (unpaired) electrons. The maximum Gasteiger partial charge on any atom is 0.214 e. The third-order valence-corrected chi connectivity index (χ3v) is 6.05. The van der Waals surface area contributed by atoms with Crippen LogP contribution >= 0.6 is 0 Å². The lowest BCUT2D eigenvalue weighted by molar-refractivity contribution is 0.103. The molecule has 0 spiro atoms. The van der Waals surface area contributed by atoms with Gasteiger partial charge in [-0.1, -0.05) is 30.3 Å². The molecule has 1 atom stereocenters. The Hall–Kier alpha value is -3.77. The number of benzene rings is 1. The molecule has 1 N–H and O–H groups in total. The molecule has 0 bridgehead atoms. The van der Waals surface area contributed by atoms with Gasteiger partial charge in [0, 0.05) is 51.5 Å². The highest BCUT2D eigenvalue weighted by Gasteiger charge is 2.25. The molecular formula is C27H30N4O2. The molecule has 4 heterocycles. The number of carbonyl (C=O) groups excluding carboxylic acids is 1. The molecule has 4 aromatic rings. The van der Waals surface area contributed by atoms with Gasteiger partial charge in [0.05, 0.1) is 0 Å². The van der Waals surface area contributed by atoms with E-state index in [1.807, 2.05) is 44.2 Å². The number of hydrogen-bond donors (Lipinski definition) is 1. The lowest BCUT2D eigenvalue weighted by Crippen LogP contribution is -2.46. The number of carbonyl (C=O) groups is 1. The molecule has 33 heavy (non-hydrogen) atoms. The van der Waals surface area contributed by atoms with Gasteiger partial charge in [-0.25, -0.2) is 4.98 Å². The first-order chi connectivity index (χ1) is 16.1. The number of furan rings is 1. The summed E-state index contributed by atoms with van der Waals surface area (Å²) in [6.07, 6.45) is 1.69. The number of nitrogens with zero attached hydrogens (tertiary/aromatic N) is 3. The molecule has 3 aromatic heterocycles. The predicted molar refractivity (Wildman–Crippen MR) is 133 cm³/mol. The summed E-state index contributed by atoms with van der Waals surface area (Å²) in [6, 6.07) is 21.9. The third kappa shape index (κ3) is 4.30. The number of piperazine rings is 1. The van der Waals surface area contributed by atoms with Gasteiger partial charge in [0.15, 0.2) is 0 Å². The number of aryl methyl sites for hydroxylation is 2. The van der Waals surface area contributed by atoms with E-state index in [-0.39, 0.29) is 14.7 Å². The standard InChI is InChI=1S/C27H26N4O2.2H2/c1-18-10-12-24(33-18)22-11-13-25(30-26(22)27(32)21-9-6-14-28-19(21)2)31-16-15-29-23(17-31)20-7-4-3-5-8-20;;/h3-14,23,29H,15-17H2,1-2H3;2*1H. The van der Waals surface area contributed by atoms with E-state index in [1.165, 1.54) is 5.56 Å². The summed E-state index contributed by atoms with van der Waals surface area (Å²) >= 11 is 0. The van der Waals surface area contributed by atoms with Gasteiger partial charge >= 0.3 is 0 Å². The van der Waals surface area contributed by atoms with Crippen LogP contribution in [0.3, 0.4) is 0 Å². The van der Waals surface area contributed by atoms with Gasteiger partial charge in [-0.2, -0.15) is 0 Å². The Balaban J connectivity index is 0.00000171. The van der Waals surface area contributed by atoms with Crippen LogP contribution in [-0.4, -0.2) is 35.4 Å². The highest BCUT2D eigenvalue weighted by atomic mass is 16.3. The molecule has 0 amide bonds. The monoisotopic (exact) mass is 442 g/mol. The molecule has 1 fully saturated rings. The van der Waals surface area contributed by atoms with Crippen molar-refractivity contribution in [2.45, 2.75) is 19.9 Å². The van der Waals surface area contributed by atoms with Crippen molar-refractivity contribution in [3.05, 3.63) is 101 Å². The molecule has 1 unspecified atom stereocenters. The van der Waals surface area contributed by atoms with E-state index >= 15 is 0 Å². The Morgan fingerprint density at radius 1 is 1.06 bits per heavy atom. The van der Waals surface area contributed by atoms with E-state index in [1.54, 1.807) is 18.3 Å². The molecule has 0 aliphatic carbocycles. The number of aromatic nitrogens is 2. The maximum atomic E-state index is 13.6. The van der Waals surface area contributed by atoms with Gasteiger partial charge in [-0.05, 0) is 55.8 Å². The van der Waals surface area contributed by atoms with E-state index in [4.69, 9.17) is 9.40 Å². The number of pyridine rings is 2. The number of rotatable bonds is 5. The minimum absolute atomic E-state index is 0. The molecule has 170 valence electrons. The highest BCUT2D eigenvalue weighted by molar-refractivity contribution is 6.12. The normalized spacial score (nSPS) is 16.1. The summed E-state index contributed by atoms with van der Waals surface area (Å²) in [5.74, 6) is 2.06. The van der Waals surface area contributed by atoms with E-state index < -0.39 is 0 Å². The minimum Gasteiger partial charge on any atom is -0.461 e. The molecule has 6 heteroatoms. The molecule has 6 nitrogen and oxygen atoms in total. The van der Waals surface area contributed by atoms with Gasteiger partial charge in [0.25, 0.3) is 0 Å². The first-order valence-electron chi connectivity index (χ1n) is 11.2. The van der Waals surface area contributed by atoms with Gasteiger partial charge in [-0.15, -0.1) is 0 Å². The fourth-order valence-electron chi connectivity index (χ4n) is 4.29. The zero-order valence-electron chi connectivity index (χ0n) is 18.8. The summed E-state index contributed by atoms with van der Waals surface area (Å²) in [5, 5.41) is 3.59. The number of nitrogens with one attached hydrogen (secondary N) is 1. The molecule has 1 aliphatic rings. The van der Waals surface area contributed by atoms with Crippen molar-refractivity contribution in [2.75, 3.05) is 24.5 Å². The van der Waals surface area contributed by atoms with Crippen LogP contribution < -0.4 is 10.2 Å². The van der Waals surface area contributed by atoms with E-state index in [2.05, 4.69) is 39.5 Å². The molecule has 1 aromatic carbocycles. The fourth-order valence-corrected chi connectivity index (χ4v) is 4.29. The van der Waals surface area contributed by atoms with E-state index in [9.17, 15) is 4.79 Å². The van der Waals surface area contributed by atoms with Gasteiger partial charge in [0.2, 0.25) is 5.78 Å². The van der Waals surface area contributed by atoms with Crippen LogP contribution in [0.15, 0.2) is 77.3 Å². The van der Waals surface area contributed by atoms with Gasteiger partial charge < -0.3 is 14.6 Å². The summed E-state index contributed by atoms with van der Waals surface area (Å²) in [5.41, 5.74) is 3.55. The van der Waals surface area contributed by atoms with Crippen molar-refractivity contribution < 1.29 is 12.1 Å². The van der Waals surface area contributed by atoms with Crippen LogP contribution in [0.2, 0.25) is 0 Å². The Kier molecular flexibility index (Phi) is 5.75. The number of hydrogen-bond acceptors (Lipinski definition) is 6. The van der Waals surface area contributed by atoms with Gasteiger partial charge in [-0.3, -0.25) is 9.78 Å². The van der Waals surface area contributed by atoms with Crippen molar-refractivity contribution in [2.24, 2.45) is 0 Å². The SMILES string of the molecule is Cc1ccc(-c2ccc(N3CCNC(c4ccccc4)C3)nc2C(=O)c2cccnc2C)o1.[HH].[HH]. The molecule has 1 saturated heterocycles. The van der Waals surface area contributed by atoms with Crippen LogP contribution in [0.25, 0.3) is 11.3 Å². The van der Waals surface area contributed by atoms with Crippen molar-refractivity contribution in [3.8, 4) is 11.3 Å². The third-order valence-electron chi connectivity index (χ3n) is 6.05. The topological polar surface area (TPSA) is 71.3 Å². The second-order valence-corrected chi connectivity index (χ2v) is 8.30. The predicted octanol–water partition coefficient (Wildman–Crippen LogP) is 5.23. The van der Waals surface area contributed by atoms with Crippen molar-refractivity contribution in [1.29, 1.82) is 0 Å². The Morgan fingerprint density at radius 3 is 2.67 bits per heavy atom. The summed E-state index contributed by atoms with van der Waals surface area (Å²) in [6.45, 7) is 6.16. The van der Waals surface area contributed by atoms with Crippen molar-refractivity contribution in [1.82, 2.24) is 15.3 Å². The first-order valence-corrected chi connectivity index (χ1v) is 11.2. The molecule has 0 saturated carbocycles. The van der Waals surface area contributed by atoms with Gasteiger partial charge in [0.1, 0.15) is 23.0 Å². The first kappa shape index (κ1) is 21.1. The summed E-state index contributed by atoms with van der Waals surface area (Å²) < 4.78 is 5.86. The van der Waals surface area contributed by atoms with Crippen LogP contribution in [0.1, 0.15) is 42.0 Å². The Bertz CT molecular complexity index is 1290. The lowest BCUT2D eigenvalue weighted by Gasteiger charge is -2.35. The second kappa shape index (κ2) is 9.00. The van der Waals surface area contributed by atoms with Crippen LogP contribution in [0, 0.1) is 13.8 Å². The summed E-state index contributed by atoms with van der Waals surface area (Å²) in [4.78, 5) is 25.0. The average Bonchev–Trinajstić information content (AvgIpc) is 3.30. The summed E-state index contributed by atoms with van der Waals surface area (Å²) in [7, 11) is 0. The van der Waals surface area contributed by atoms with E-state index in [0.717, 1.165) is 31.2 Å². The maximum absolute atomic E-state index is 13.6. The number of ketones is 1. The quantitative estimate of drug-likeness (QED) is 0.427. The zero-order chi connectivity index (χ0) is 22.8. The smallest absolute Gasteiger partial charge is 0.214 e. The largest absolute Gasteiger partial charge is 0.461 e. The minimum atomic E-state index is -0.152. The van der Waals surface area contributed by atoms with Crippen molar-refractivity contribution in [3.63, 3.8) is 0 Å². The number of anilines is 1. The fraction of sp³-hybridized carbons (Fsp3) is 0.222. The highest BCUT2D eigenvalue weighted by Crippen LogP contribution is 2.30. The molecular weight excluding hydrogens is 412 g/mol. The molecule has 5 rings (SSSR count). The average molecular weight is 443 g/mol. The molecule has 1 aliphatic heterocycles. The Morgan fingerprint density at radius 2 is 1.91 bits per heavy atom. The van der Waals surface area contributed by atoms with Crippen LogP contribution in [0.5, 0.6) is 0 Å². The van der Waals surface area contributed by atoms with Crippen LogP contribution in [-0.2, 0) is 0 Å². The Labute approximate surface area is 196 Å². The zero-order valence-corrected chi connectivity index (χ0v) is 18.8. The van der Waals surface area contributed by atoms with Crippen molar-refractivity contribution >= 4 is 11.6 Å². The lowest BCUT2D eigenvalue weighted by atomic mass is 10.0. The van der Waals surface area contributed by atoms with E-state index in [0.29, 0.717) is 28.3 Å². The second-order valence-electron chi connectivity index (χ2n) is 8.30. The van der Waals surface area contributed by atoms with Crippen LogP contribution in [0.4, 0.5) is 5.82 Å².